The minimum Gasteiger partial charge on any atom is -0.337 e. The number of hydrogen-bond donors (Lipinski definition) is 0. The van der Waals surface area contributed by atoms with Crippen LogP contribution in [0.2, 0.25) is 0 Å². The molecule has 1 atom stereocenters. The summed E-state index contributed by atoms with van der Waals surface area (Å²) < 4.78 is 23.7. The van der Waals surface area contributed by atoms with E-state index in [0.29, 0.717) is 18.9 Å². The third kappa shape index (κ3) is 3.98. The van der Waals surface area contributed by atoms with Crippen molar-refractivity contribution in [2.45, 2.75) is 33.2 Å². The first-order chi connectivity index (χ1) is 12.4. The Morgan fingerprint density at radius 3 is 2.62 bits per heavy atom. The quantitative estimate of drug-likeness (QED) is 0.774. The smallest absolute Gasteiger partial charge is 0.227 e. The van der Waals surface area contributed by atoms with Crippen molar-refractivity contribution in [2.24, 2.45) is 0 Å². The number of rotatable bonds is 6. The van der Waals surface area contributed by atoms with Gasteiger partial charge in [-0.2, -0.15) is 4.98 Å². The van der Waals surface area contributed by atoms with Crippen molar-refractivity contribution >= 4 is 27.3 Å². The zero-order chi connectivity index (χ0) is 18.7. The van der Waals surface area contributed by atoms with E-state index >= 15 is 0 Å². The van der Waals surface area contributed by atoms with Gasteiger partial charge in [0.25, 0.3) is 0 Å². The average molecular weight is 375 g/mol. The van der Waals surface area contributed by atoms with Crippen molar-refractivity contribution in [2.75, 3.05) is 34.4 Å². The average Bonchev–Trinajstić information content (AvgIpc) is 2.96. The Kier molecular flexibility index (Phi) is 5.46. The molecule has 1 aliphatic rings. The molecule has 1 fully saturated rings. The van der Waals surface area contributed by atoms with Crippen molar-refractivity contribution in [1.29, 1.82) is 0 Å². The zero-order valence-electron chi connectivity index (χ0n) is 15.6. The molecule has 0 bridgehead atoms. The topological polar surface area (TPSA) is 66.4 Å². The Morgan fingerprint density at radius 1 is 1.19 bits per heavy atom. The van der Waals surface area contributed by atoms with Crippen molar-refractivity contribution in [3.8, 4) is 0 Å². The van der Waals surface area contributed by atoms with Gasteiger partial charge >= 0.3 is 0 Å². The van der Waals surface area contributed by atoms with Crippen LogP contribution in [0.4, 0.5) is 17.5 Å². The van der Waals surface area contributed by atoms with Gasteiger partial charge in [-0.15, -0.1) is 0 Å². The molecule has 7 heteroatoms. The fraction of sp³-hybridized carbons (Fsp3) is 0.474. The van der Waals surface area contributed by atoms with Gasteiger partial charge in [0, 0.05) is 31.0 Å². The minimum atomic E-state index is -2.95. The SMILES string of the molecule is CCN(c1cccc(C)c1)c1ccnc(N(CC)C2CCS(=O)(=O)C2)n1. The molecule has 2 aromatic rings. The molecule has 1 aliphatic heterocycles. The van der Waals surface area contributed by atoms with Crippen LogP contribution in [-0.2, 0) is 9.84 Å². The molecule has 1 aromatic heterocycles. The zero-order valence-corrected chi connectivity index (χ0v) is 16.4. The highest BCUT2D eigenvalue weighted by atomic mass is 32.2. The molecule has 1 saturated heterocycles. The molecule has 140 valence electrons. The first-order valence-corrected chi connectivity index (χ1v) is 10.9. The van der Waals surface area contributed by atoms with E-state index in [1.54, 1.807) is 6.20 Å². The highest BCUT2D eigenvalue weighted by Crippen LogP contribution is 2.27. The van der Waals surface area contributed by atoms with Crippen LogP contribution in [0, 0.1) is 6.92 Å². The maximum absolute atomic E-state index is 11.9. The summed E-state index contributed by atoms with van der Waals surface area (Å²) in [6.45, 7) is 7.64. The molecule has 0 saturated carbocycles. The lowest BCUT2D eigenvalue weighted by Gasteiger charge is -2.28. The van der Waals surface area contributed by atoms with E-state index in [1.807, 2.05) is 24.0 Å². The second kappa shape index (κ2) is 7.61. The van der Waals surface area contributed by atoms with E-state index < -0.39 is 9.84 Å². The molecule has 1 unspecified atom stereocenters. The van der Waals surface area contributed by atoms with Crippen LogP contribution in [0.1, 0.15) is 25.8 Å². The van der Waals surface area contributed by atoms with Crippen LogP contribution in [0.5, 0.6) is 0 Å². The molecule has 0 amide bonds. The largest absolute Gasteiger partial charge is 0.337 e. The van der Waals surface area contributed by atoms with Gasteiger partial charge in [0.2, 0.25) is 5.95 Å². The van der Waals surface area contributed by atoms with Gasteiger partial charge in [-0.25, -0.2) is 13.4 Å². The second-order valence-corrected chi connectivity index (χ2v) is 8.87. The van der Waals surface area contributed by atoms with Gasteiger partial charge in [-0.05, 0) is 51.0 Å². The Labute approximate surface area is 155 Å². The van der Waals surface area contributed by atoms with Crippen LogP contribution in [-0.4, -0.2) is 49.0 Å². The number of benzene rings is 1. The van der Waals surface area contributed by atoms with Gasteiger partial charge in [-0.1, -0.05) is 12.1 Å². The lowest BCUT2D eigenvalue weighted by molar-refractivity contribution is 0.599. The Morgan fingerprint density at radius 2 is 2.00 bits per heavy atom. The lowest BCUT2D eigenvalue weighted by Crippen LogP contribution is -2.37. The first-order valence-electron chi connectivity index (χ1n) is 9.08. The van der Waals surface area contributed by atoms with E-state index in [9.17, 15) is 8.42 Å². The summed E-state index contributed by atoms with van der Waals surface area (Å²) in [4.78, 5) is 13.3. The molecule has 2 heterocycles. The van der Waals surface area contributed by atoms with E-state index in [0.717, 1.165) is 18.1 Å². The predicted molar refractivity (Wildman–Crippen MR) is 106 cm³/mol. The van der Waals surface area contributed by atoms with Crippen LogP contribution < -0.4 is 9.80 Å². The maximum Gasteiger partial charge on any atom is 0.227 e. The van der Waals surface area contributed by atoms with E-state index in [1.165, 1.54) is 5.56 Å². The maximum atomic E-state index is 11.9. The first kappa shape index (κ1) is 18.6. The van der Waals surface area contributed by atoms with Crippen LogP contribution in [0.25, 0.3) is 0 Å². The third-order valence-corrected chi connectivity index (χ3v) is 6.53. The standard InChI is InChI=1S/C19H26N4O2S/c1-4-22(16-8-6-7-15(3)13-16)18-9-11-20-19(21-18)23(5-2)17-10-12-26(24,25)14-17/h6-9,11,13,17H,4-5,10,12,14H2,1-3H3. The Hall–Kier alpha value is -2.15. The second-order valence-electron chi connectivity index (χ2n) is 6.64. The molecule has 0 N–H and O–H groups in total. The van der Waals surface area contributed by atoms with Crippen LogP contribution in [0.15, 0.2) is 36.5 Å². The highest BCUT2D eigenvalue weighted by Gasteiger charge is 2.33. The normalized spacial score (nSPS) is 18.7. The summed E-state index contributed by atoms with van der Waals surface area (Å²) in [6, 6.07) is 10.2. The summed E-state index contributed by atoms with van der Waals surface area (Å²) >= 11 is 0. The van der Waals surface area contributed by atoms with Crippen molar-refractivity contribution in [1.82, 2.24) is 9.97 Å². The monoisotopic (exact) mass is 374 g/mol. The summed E-state index contributed by atoms with van der Waals surface area (Å²) in [7, 11) is -2.95. The molecule has 1 aromatic carbocycles. The molecule has 6 nitrogen and oxygen atoms in total. The van der Waals surface area contributed by atoms with Gasteiger partial charge in [0.05, 0.1) is 11.5 Å². The van der Waals surface area contributed by atoms with Gasteiger partial charge in [-0.3, -0.25) is 0 Å². The third-order valence-electron chi connectivity index (χ3n) is 4.78. The molecule has 3 rings (SSSR count). The van der Waals surface area contributed by atoms with Gasteiger partial charge < -0.3 is 9.80 Å². The van der Waals surface area contributed by atoms with E-state index in [4.69, 9.17) is 4.98 Å². The van der Waals surface area contributed by atoms with Crippen LogP contribution >= 0.6 is 0 Å². The Bertz CT molecular complexity index is 869. The summed E-state index contributed by atoms with van der Waals surface area (Å²) in [5.41, 5.74) is 2.28. The molecule has 26 heavy (non-hydrogen) atoms. The van der Waals surface area contributed by atoms with Crippen molar-refractivity contribution in [3.05, 3.63) is 42.1 Å². The number of sulfone groups is 1. The fourth-order valence-corrected chi connectivity index (χ4v) is 5.22. The number of aromatic nitrogens is 2. The molecule has 0 spiro atoms. The lowest BCUT2D eigenvalue weighted by atomic mass is 10.2. The molecule has 0 aliphatic carbocycles. The number of nitrogens with zero attached hydrogens (tertiary/aromatic N) is 4. The van der Waals surface area contributed by atoms with Crippen molar-refractivity contribution < 1.29 is 8.42 Å². The van der Waals surface area contributed by atoms with Crippen molar-refractivity contribution in [3.63, 3.8) is 0 Å². The van der Waals surface area contributed by atoms with Gasteiger partial charge in [0.1, 0.15) is 5.82 Å². The molecular weight excluding hydrogens is 348 g/mol. The minimum absolute atomic E-state index is 0.0469. The van der Waals surface area contributed by atoms with Gasteiger partial charge in [0.15, 0.2) is 9.84 Å². The summed E-state index contributed by atoms with van der Waals surface area (Å²) in [5, 5.41) is 0. The summed E-state index contributed by atoms with van der Waals surface area (Å²) in [5.74, 6) is 1.85. The number of anilines is 3. The predicted octanol–water partition coefficient (Wildman–Crippen LogP) is 2.96. The van der Waals surface area contributed by atoms with E-state index in [-0.39, 0.29) is 17.5 Å². The Balaban J connectivity index is 1.91. The number of aryl methyl sites for hydroxylation is 1. The van der Waals surface area contributed by atoms with E-state index in [2.05, 4.69) is 41.9 Å². The molecule has 0 radical (unpaired) electrons. The molecular formula is C19H26N4O2S. The number of hydrogen-bond acceptors (Lipinski definition) is 6. The fourth-order valence-electron chi connectivity index (χ4n) is 3.48. The highest BCUT2D eigenvalue weighted by molar-refractivity contribution is 7.91. The van der Waals surface area contributed by atoms with Crippen LogP contribution in [0.3, 0.4) is 0 Å². The summed E-state index contributed by atoms with van der Waals surface area (Å²) in [6.07, 6.45) is 2.39.